The normalized spacial score (nSPS) is 19.3. The zero-order valence-electron chi connectivity index (χ0n) is 13.1. The molecule has 3 rings (SSSR count). The molecule has 0 saturated carbocycles. The van der Waals surface area contributed by atoms with Crippen molar-refractivity contribution in [2.75, 3.05) is 17.3 Å². The first kappa shape index (κ1) is 16.5. The number of rotatable bonds is 5. The van der Waals surface area contributed by atoms with Crippen LogP contribution in [0.15, 0.2) is 43.0 Å². The molecule has 0 aliphatic carbocycles. The van der Waals surface area contributed by atoms with Crippen molar-refractivity contribution in [3.8, 4) is 5.69 Å². The van der Waals surface area contributed by atoms with Gasteiger partial charge in [0.2, 0.25) is 5.91 Å². The van der Waals surface area contributed by atoms with Crippen LogP contribution in [0.1, 0.15) is 24.9 Å². The SMILES string of the molecule is C[C@@H](NC(=O)C[C@H]1CSCCS1)c1ccc(-n2ccnc2)cc1. The van der Waals surface area contributed by atoms with Crippen molar-refractivity contribution in [3.63, 3.8) is 0 Å². The molecule has 1 amide bonds. The molecule has 2 aromatic rings. The Kier molecular flexibility index (Phi) is 5.67. The van der Waals surface area contributed by atoms with E-state index in [1.165, 1.54) is 5.75 Å². The lowest BCUT2D eigenvalue weighted by Crippen LogP contribution is -2.30. The third-order valence-corrected chi connectivity index (χ3v) is 6.72. The third-order valence-electron chi connectivity index (χ3n) is 3.87. The van der Waals surface area contributed by atoms with Gasteiger partial charge in [0, 0.05) is 47.0 Å². The molecular formula is C17H21N3OS2. The zero-order valence-corrected chi connectivity index (χ0v) is 14.8. The molecule has 2 heterocycles. The molecule has 1 saturated heterocycles. The number of hydrogen-bond donors (Lipinski definition) is 1. The van der Waals surface area contributed by atoms with E-state index >= 15 is 0 Å². The van der Waals surface area contributed by atoms with Gasteiger partial charge in [-0.25, -0.2) is 4.98 Å². The van der Waals surface area contributed by atoms with E-state index < -0.39 is 0 Å². The highest BCUT2D eigenvalue weighted by molar-refractivity contribution is 8.06. The number of nitrogens with one attached hydrogen (secondary N) is 1. The van der Waals surface area contributed by atoms with Gasteiger partial charge in [-0.05, 0) is 24.6 Å². The molecule has 1 aliphatic rings. The van der Waals surface area contributed by atoms with Crippen LogP contribution in [0, 0.1) is 0 Å². The Morgan fingerprint density at radius 3 is 2.87 bits per heavy atom. The summed E-state index contributed by atoms with van der Waals surface area (Å²) in [6, 6.07) is 8.25. The van der Waals surface area contributed by atoms with E-state index in [2.05, 4.69) is 22.4 Å². The van der Waals surface area contributed by atoms with Gasteiger partial charge in [0.15, 0.2) is 0 Å². The second-order valence-corrected chi connectivity index (χ2v) is 8.18. The molecule has 0 radical (unpaired) electrons. The molecule has 23 heavy (non-hydrogen) atoms. The number of amides is 1. The Morgan fingerprint density at radius 2 is 2.22 bits per heavy atom. The van der Waals surface area contributed by atoms with Crippen LogP contribution >= 0.6 is 23.5 Å². The number of carbonyl (C=O) groups excluding carboxylic acids is 1. The average molecular weight is 348 g/mol. The Labute approximate surface area is 145 Å². The Balaban J connectivity index is 1.55. The largest absolute Gasteiger partial charge is 0.350 e. The molecule has 2 atom stereocenters. The molecule has 6 heteroatoms. The van der Waals surface area contributed by atoms with Crippen molar-refractivity contribution in [2.24, 2.45) is 0 Å². The van der Waals surface area contributed by atoms with Crippen LogP contribution in [-0.4, -0.2) is 38.0 Å². The lowest BCUT2D eigenvalue weighted by atomic mass is 10.1. The number of hydrogen-bond acceptors (Lipinski definition) is 4. The molecule has 0 bridgehead atoms. The van der Waals surface area contributed by atoms with Crippen molar-refractivity contribution in [1.82, 2.24) is 14.9 Å². The number of thioether (sulfide) groups is 2. The zero-order chi connectivity index (χ0) is 16.1. The minimum Gasteiger partial charge on any atom is -0.350 e. The lowest BCUT2D eigenvalue weighted by Gasteiger charge is -2.22. The summed E-state index contributed by atoms with van der Waals surface area (Å²) >= 11 is 3.88. The summed E-state index contributed by atoms with van der Waals surface area (Å²) in [6.07, 6.45) is 6.08. The maximum atomic E-state index is 12.2. The molecule has 0 spiro atoms. The average Bonchev–Trinajstić information content (AvgIpc) is 3.10. The molecule has 1 aliphatic heterocycles. The molecule has 4 nitrogen and oxygen atoms in total. The van der Waals surface area contributed by atoms with Crippen LogP contribution in [-0.2, 0) is 4.79 Å². The molecule has 1 fully saturated rings. The fourth-order valence-electron chi connectivity index (χ4n) is 2.59. The van der Waals surface area contributed by atoms with Gasteiger partial charge in [0.05, 0.1) is 12.4 Å². The monoisotopic (exact) mass is 347 g/mol. The van der Waals surface area contributed by atoms with Crippen molar-refractivity contribution < 1.29 is 4.79 Å². The van der Waals surface area contributed by atoms with Crippen LogP contribution in [0.4, 0.5) is 0 Å². The maximum absolute atomic E-state index is 12.2. The first-order valence-corrected chi connectivity index (χ1v) is 10.00. The highest BCUT2D eigenvalue weighted by Crippen LogP contribution is 2.26. The quantitative estimate of drug-likeness (QED) is 0.902. The number of nitrogens with zero attached hydrogens (tertiary/aromatic N) is 2. The molecule has 1 aromatic carbocycles. The molecule has 1 N–H and O–H groups in total. The molecule has 1 aromatic heterocycles. The fourth-order valence-corrected chi connectivity index (χ4v) is 5.27. The fraction of sp³-hybridized carbons (Fsp3) is 0.412. The third kappa shape index (κ3) is 4.54. The van der Waals surface area contributed by atoms with E-state index in [1.807, 2.05) is 53.3 Å². The van der Waals surface area contributed by atoms with Gasteiger partial charge in [-0.15, -0.1) is 0 Å². The van der Waals surface area contributed by atoms with Gasteiger partial charge < -0.3 is 9.88 Å². The topological polar surface area (TPSA) is 46.9 Å². The summed E-state index contributed by atoms with van der Waals surface area (Å²) in [5.74, 6) is 3.61. The summed E-state index contributed by atoms with van der Waals surface area (Å²) < 4.78 is 1.96. The first-order chi connectivity index (χ1) is 11.2. The van der Waals surface area contributed by atoms with E-state index in [-0.39, 0.29) is 11.9 Å². The van der Waals surface area contributed by atoms with Gasteiger partial charge in [-0.1, -0.05) is 12.1 Å². The molecule has 122 valence electrons. The molecule has 0 unspecified atom stereocenters. The lowest BCUT2D eigenvalue weighted by molar-refractivity contribution is -0.121. The smallest absolute Gasteiger partial charge is 0.221 e. The van der Waals surface area contributed by atoms with Crippen LogP contribution in [0.3, 0.4) is 0 Å². The van der Waals surface area contributed by atoms with Crippen molar-refractivity contribution in [1.29, 1.82) is 0 Å². The highest BCUT2D eigenvalue weighted by atomic mass is 32.2. The number of carbonyl (C=O) groups is 1. The van der Waals surface area contributed by atoms with Crippen molar-refractivity contribution in [2.45, 2.75) is 24.6 Å². The standard InChI is InChI=1S/C17H21N3OS2/c1-13(19-17(21)10-16-11-22-8-9-23-16)14-2-4-15(5-3-14)20-7-6-18-12-20/h2-7,12-13,16H,8-11H2,1H3,(H,19,21)/t13-,16+/m1/s1. The Bertz CT molecular complexity index is 622. The van der Waals surface area contributed by atoms with Crippen LogP contribution < -0.4 is 5.32 Å². The molecular weight excluding hydrogens is 326 g/mol. The van der Waals surface area contributed by atoms with Crippen LogP contribution in [0.5, 0.6) is 0 Å². The summed E-state index contributed by atoms with van der Waals surface area (Å²) in [5, 5.41) is 3.58. The van der Waals surface area contributed by atoms with Gasteiger partial charge in [0.1, 0.15) is 0 Å². The second-order valence-electron chi connectivity index (χ2n) is 5.62. The van der Waals surface area contributed by atoms with E-state index in [0.717, 1.165) is 22.8 Å². The van der Waals surface area contributed by atoms with E-state index in [0.29, 0.717) is 11.7 Å². The minimum absolute atomic E-state index is 0.0283. The van der Waals surface area contributed by atoms with E-state index in [4.69, 9.17) is 0 Å². The van der Waals surface area contributed by atoms with Crippen LogP contribution in [0.25, 0.3) is 5.69 Å². The predicted octanol–water partition coefficient (Wildman–Crippen LogP) is 3.29. The minimum atomic E-state index is 0.0283. The van der Waals surface area contributed by atoms with Crippen molar-refractivity contribution in [3.05, 3.63) is 48.5 Å². The number of aromatic nitrogens is 2. The van der Waals surface area contributed by atoms with E-state index in [9.17, 15) is 4.79 Å². The first-order valence-electron chi connectivity index (χ1n) is 7.79. The Hall–Kier alpha value is -1.40. The Morgan fingerprint density at radius 1 is 1.39 bits per heavy atom. The number of benzene rings is 1. The van der Waals surface area contributed by atoms with E-state index in [1.54, 1.807) is 12.5 Å². The van der Waals surface area contributed by atoms with Crippen LogP contribution in [0.2, 0.25) is 0 Å². The van der Waals surface area contributed by atoms with Gasteiger partial charge >= 0.3 is 0 Å². The summed E-state index contributed by atoms with van der Waals surface area (Å²) in [5.41, 5.74) is 2.19. The van der Waals surface area contributed by atoms with Crippen molar-refractivity contribution >= 4 is 29.4 Å². The predicted molar refractivity (Wildman–Crippen MR) is 98.3 cm³/mol. The second kappa shape index (κ2) is 7.93. The van der Waals surface area contributed by atoms with Gasteiger partial charge in [0.25, 0.3) is 0 Å². The number of imidazole rings is 1. The van der Waals surface area contributed by atoms with Gasteiger partial charge in [-0.2, -0.15) is 23.5 Å². The maximum Gasteiger partial charge on any atom is 0.221 e. The highest BCUT2D eigenvalue weighted by Gasteiger charge is 2.19. The van der Waals surface area contributed by atoms with Gasteiger partial charge in [-0.3, -0.25) is 4.79 Å². The summed E-state index contributed by atoms with van der Waals surface area (Å²) in [7, 11) is 0. The summed E-state index contributed by atoms with van der Waals surface area (Å²) in [4.78, 5) is 16.3. The summed E-state index contributed by atoms with van der Waals surface area (Å²) in [6.45, 7) is 2.03.